The van der Waals surface area contributed by atoms with Crippen molar-refractivity contribution in [3.63, 3.8) is 0 Å². The van der Waals surface area contributed by atoms with Crippen molar-refractivity contribution in [1.29, 1.82) is 0 Å². The molecular formula is C23H31N3O8. The van der Waals surface area contributed by atoms with E-state index in [2.05, 4.69) is 14.6 Å². The fraction of sp³-hybridized carbons (Fsp3) is 0.478. The summed E-state index contributed by atoms with van der Waals surface area (Å²) in [7, 11) is 2.25. The van der Waals surface area contributed by atoms with E-state index in [1.165, 1.54) is 4.90 Å². The number of carbonyl (C=O) groups excluding carboxylic acids is 3. The molecule has 34 heavy (non-hydrogen) atoms. The van der Waals surface area contributed by atoms with Crippen molar-refractivity contribution in [1.82, 2.24) is 4.90 Å². The Kier molecular flexibility index (Phi) is 9.43. The molecule has 1 heterocycles. The number of nitrogens with zero attached hydrogens (tertiary/aromatic N) is 2. The van der Waals surface area contributed by atoms with Crippen LogP contribution in [0.4, 0.5) is 4.79 Å². The lowest BCUT2D eigenvalue weighted by atomic mass is 10.2. The normalized spacial score (nSPS) is 18.9. The first-order valence-electron chi connectivity index (χ1n) is 10.6. The molecule has 1 amide bonds. The molecule has 0 spiro atoms. The third-order valence-corrected chi connectivity index (χ3v) is 4.65. The van der Waals surface area contributed by atoms with Crippen LogP contribution in [0.1, 0.15) is 32.8 Å². The summed E-state index contributed by atoms with van der Waals surface area (Å²) in [6, 6.07) is 8.87. The fourth-order valence-corrected chi connectivity index (χ4v) is 3.06. The molecule has 2 N–H and O–H groups in total. The van der Waals surface area contributed by atoms with E-state index in [9.17, 15) is 14.4 Å². The third kappa shape index (κ3) is 8.07. The van der Waals surface area contributed by atoms with Crippen molar-refractivity contribution < 1.29 is 38.2 Å². The number of rotatable bonds is 8. The second-order valence-electron chi connectivity index (χ2n) is 8.43. The molecule has 1 aromatic carbocycles. The van der Waals surface area contributed by atoms with Crippen LogP contribution in [0.2, 0.25) is 0 Å². The standard InChI is InChI=1S/C23H31N3O8/c1-23(2,3)33-22(29)26-13-16(32-14-15-9-7-6-8-10-15)11-17(26)20(24)25-34-18(21(28)31-5)12-19(27)30-4/h6-10,12,16-17H,11,13-14H2,1-5H3,(H2,24,25)/b18-12+/t16-,17+/m1/s1. The summed E-state index contributed by atoms with van der Waals surface area (Å²) in [5, 5.41) is 3.76. The Morgan fingerprint density at radius 3 is 2.41 bits per heavy atom. The van der Waals surface area contributed by atoms with Crippen LogP contribution in [0, 0.1) is 0 Å². The maximum absolute atomic E-state index is 12.8. The summed E-state index contributed by atoms with van der Waals surface area (Å²) in [5.41, 5.74) is 6.37. The van der Waals surface area contributed by atoms with Gasteiger partial charge in [-0.2, -0.15) is 0 Å². The summed E-state index contributed by atoms with van der Waals surface area (Å²) in [4.78, 5) is 42.6. The largest absolute Gasteiger partial charge is 0.466 e. The summed E-state index contributed by atoms with van der Waals surface area (Å²) in [5.74, 6) is -2.45. The highest BCUT2D eigenvalue weighted by Crippen LogP contribution is 2.24. The Morgan fingerprint density at radius 2 is 1.82 bits per heavy atom. The van der Waals surface area contributed by atoms with Gasteiger partial charge in [-0.1, -0.05) is 35.5 Å². The van der Waals surface area contributed by atoms with Crippen molar-refractivity contribution in [2.24, 2.45) is 10.9 Å². The van der Waals surface area contributed by atoms with Gasteiger partial charge in [0.05, 0.1) is 45.6 Å². The number of carbonyl (C=O) groups is 3. The molecule has 1 aromatic rings. The molecule has 0 aromatic heterocycles. The number of amidine groups is 1. The number of amides is 1. The lowest BCUT2D eigenvalue weighted by molar-refractivity contribution is -0.142. The van der Waals surface area contributed by atoms with E-state index in [-0.39, 0.29) is 18.5 Å². The van der Waals surface area contributed by atoms with E-state index in [0.29, 0.717) is 13.0 Å². The first kappa shape index (κ1) is 26.7. The molecule has 2 atom stereocenters. The number of ether oxygens (including phenoxy) is 4. The number of likely N-dealkylation sites (tertiary alicyclic amines) is 1. The lowest BCUT2D eigenvalue weighted by Gasteiger charge is -2.27. The molecule has 0 saturated carbocycles. The minimum Gasteiger partial charge on any atom is -0.466 e. The number of hydrogen-bond acceptors (Lipinski definition) is 9. The van der Waals surface area contributed by atoms with Crippen LogP contribution in [0.15, 0.2) is 47.3 Å². The van der Waals surface area contributed by atoms with Gasteiger partial charge in [0.1, 0.15) is 5.60 Å². The fourth-order valence-electron chi connectivity index (χ4n) is 3.06. The lowest BCUT2D eigenvalue weighted by Crippen LogP contribution is -2.46. The monoisotopic (exact) mass is 477 g/mol. The number of esters is 2. The van der Waals surface area contributed by atoms with Crippen molar-refractivity contribution in [3.05, 3.63) is 47.7 Å². The van der Waals surface area contributed by atoms with Crippen LogP contribution in [0.5, 0.6) is 0 Å². The topological polar surface area (TPSA) is 139 Å². The average Bonchev–Trinajstić information content (AvgIpc) is 3.23. The Morgan fingerprint density at radius 1 is 1.15 bits per heavy atom. The highest BCUT2D eigenvalue weighted by Gasteiger charge is 2.40. The number of nitrogens with two attached hydrogens (primary N) is 1. The minimum atomic E-state index is -0.957. The molecule has 11 nitrogen and oxygen atoms in total. The van der Waals surface area contributed by atoms with E-state index in [4.69, 9.17) is 20.0 Å². The zero-order valence-electron chi connectivity index (χ0n) is 20.0. The molecule has 2 rings (SSSR count). The van der Waals surface area contributed by atoms with Crippen molar-refractivity contribution in [2.45, 2.75) is 51.5 Å². The van der Waals surface area contributed by atoms with Crippen LogP contribution in [-0.4, -0.2) is 67.3 Å². The Bertz CT molecular complexity index is 924. The van der Waals surface area contributed by atoms with E-state index in [1.807, 2.05) is 30.3 Å². The highest BCUT2D eigenvalue weighted by molar-refractivity contribution is 5.95. The Hall–Kier alpha value is -3.60. The highest BCUT2D eigenvalue weighted by atomic mass is 16.7. The van der Waals surface area contributed by atoms with Gasteiger partial charge in [0.15, 0.2) is 5.84 Å². The molecular weight excluding hydrogens is 446 g/mol. The third-order valence-electron chi connectivity index (χ3n) is 4.65. The molecule has 186 valence electrons. The Labute approximate surface area is 198 Å². The van der Waals surface area contributed by atoms with E-state index < -0.39 is 35.4 Å². The van der Waals surface area contributed by atoms with Crippen LogP contribution in [-0.2, 0) is 40.0 Å². The summed E-state index contributed by atoms with van der Waals surface area (Å²) in [6.45, 7) is 5.81. The first-order valence-corrected chi connectivity index (χ1v) is 10.6. The molecule has 11 heteroatoms. The van der Waals surface area contributed by atoms with Gasteiger partial charge in [0, 0.05) is 6.42 Å². The minimum absolute atomic E-state index is 0.115. The molecule has 1 fully saturated rings. The van der Waals surface area contributed by atoms with E-state index in [1.54, 1.807) is 20.8 Å². The van der Waals surface area contributed by atoms with Crippen LogP contribution in [0.25, 0.3) is 0 Å². The smallest absolute Gasteiger partial charge is 0.411 e. The quantitative estimate of drug-likeness (QED) is 0.113. The summed E-state index contributed by atoms with van der Waals surface area (Å²) < 4.78 is 20.5. The molecule has 0 aliphatic carbocycles. The van der Waals surface area contributed by atoms with Crippen LogP contribution in [0.3, 0.4) is 0 Å². The first-order chi connectivity index (χ1) is 16.0. The average molecular weight is 478 g/mol. The van der Waals surface area contributed by atoms with Crippen molar-refractivity contribution in [3.8, 4) is 0 Å². The molecule has 1 aliphatic heterocycles. The number of benzene rings is 1. The summed E-state index contributed by atoms with van der Waals surface area (Å²) in [6.07, 6.45) is 0.144. The van der Waals surface area contributed by atoms with Gasteiger partial charge in [-0.3, -0.25) is 4.90 Å². The molecule has 1 saturated heterocycles. The SMILES string of the molecule is COC(=O)/C=C(/O/N=C(\N)[C@@H]1C[C@@H](OCc2ccccc2)CN1C(=O)OC(C)(C)C)C(=O)OC. The van der Waals surface area contributed by atoms with Crippen LogP contribution < -0.4 is 5.73 Å². The van der Waals surface area contributed by atoms with E-state index >= 15 is 0 Å². The maximum Gasteiger partial charge on any atom is 0.411 e. The van der Waals surface area contributed by atoms with Gasteiger partial charge in [0.25, 0.3) is 0 Å². The van der Waals surface area contributed by atoms with Crippen molar-refractivity contribution >= 4 is 23.9 Å². The van der Waals surface area contributed by atoms with Crippen LogP contribution >= 0.6 is 0 Å². The van der Waals surface area contributed by atoms with Crippen molar-refractivity contribution in [2.75, 3.05) is 20.8 Å². The number of methoxy groups -OCH3 is 2. The predicted molar refractivity (Wildman–Crippen MR) is 121 cm³/mol. The molecule has 0 radical (unpaired) electrons. The number of oxime groups is 1. The maximum atomic E-state index is 12.8. The second-order valence-corrected chi connectivity index (χ2v) is 8.43. The van der Waals surface area contributed by atoms with Gasteiger partial charge in [-0.25, -0.2) is 14.4 Å². The molecule has 1 aliphatic rings. The second kappa shape index (κ2) is 12.0. The molecule has 0 bridgehead atoms. The van der Waals surface area contributed by atoms with Gasteiger partial charge in [0.2, 0.25) is 5.76 Å². The van der Waals surface area contributed by atoms with Gasteiger partial charge in [-0.15, -0.1) is 0 Å². The van der Waals surface area contributed by atoms with Gasteiger partial charge >= 0.3 is 18.0 Å². The summed E-state index contributed by atoms with van der Waals surface area (Å²) >= 11 is 0. The predicted octanol–water partition coefficient (Wildman–Crippen LogP) is 2.10. The molecule has 0 unspecified atom stereocenters. The van der Waals surface area contributed by atoms with Gasteiger partial charge < -0.3 is 29.5 Å². The number of hydrogen-bond donors (Lipinski definition) is 1. The van der Waals surface area contributed by atoms with Gasteiger partial charge in [-0.05, 0) is 26.3 Å². The zero-order valence-corrected chi connectivity index (χ0v) is 20.0. The Balaban J connectivity index is 2.19. The van der Waals surface area contributed by atoms with E-state index in [0.717, 1.165) is 25.9 Å². The zero-order chi connectivity index (χ0) is 25.3.